The largest absolute Gasteiger partial charge is 0.381 e. The number of hydrogen-bond donors (Lipinski definition) is 0. The highest BCUT2D eigenvalue weighted by Crippen LogP contribution is 2.39. The summed E-state index contributed by atoms with van der Waals surface area (Å²) in [7, 11) is -1.39. The molecule has 3 heterocycles. The average Bonchev–Trinajstić information content (AvgIpc) is 3.36. The lowest BCUT2D eigenvalue weighted by molar-refractivity contribution is 0.00224. The number of aromatic nitrogens is 1. The Morgan fingerprint density at radius 2 is 2.12 bits per heavy atom. The Morgan fingerprint density at radius 3 is 2.79 bits per heavy atom. The molecular weight excluding hydrogens is 326 g/mol. The van der Waals surface area contributed by atoms with E-state index < -0.39 is 10.0 Å². The zero-order chi connectivity index (χ0) is 16.7. The van der Waals surface area contributed by atoms with Crippen LogP contribution in [0.15, 0.2) is 24.5 Å². The molecule has 0 unspecified atom stereocenters. The molecule has 0 N–H and O–H groups in total. The first-order valence-electron chi connectivity index (χ1n) is 8.74. The summed E-state index contributed by atoms with van der Waals surface area (Å²) >= 11 is 0. The van der Waals surface area contributed by atoms with Crippen LogP contribution in [0.4, 0.5) is 0 Å². The van der Waals surface area contributed by atoms with Crippen LogP contribution in [0.25, 0.3) is 0 Å². The highest BCUT2D eigenvalue weighted by atomic mass is 32.2. The van der Waals surface area contributed by atoms with Crippen LogP contribution in [-0.2, 0) is 21.3 Å². The van der Waals surface area contributed by atoms with Crippen molar-refractivity contribution in [2.24, 2.45) is 5.92 Å². The third-order valence-corrected chi connectivity index (χ3v) is 8.02. The van der Waals surface area contributed by atoms with Crippen molar-refractivity contribution in [1.29, 1.82) is 0 Å². The first kappa shape index (κ1) is 16.4. The molecule has 0 spiro atoms. The third-order valence-electron chi connectivity index (χ3n) is 5.59. The summed E-state index contributed by atoms with van der Waals surface area (Å²) < 4.78 is 33.1. The maximum atomic E-state index is 12.8. The number of fused-ring (bicyclic) bond motifs is 1. The molecule has 24 heavy (non-hydrogen) atoms. The lowest BCUT2D eigenvalue weighted by Gasteiger charge is -2.40. The van der Waals surface area contributed by atoms with Gasteiger partial charge >= 0.3 is 0 Å². The Hall–Kier alpha value is -1.02. The molecule has 6 nitrogen and oxygen atoms in total. The summed E-state index contributed by atoms with van der Waals surface area (Å²) in [5.74, 6) is 0.258. The Balaban J connectivity index is 1.53. The van der Waals surface area contributed by atoms with Crippen LogP contribution in [0.5, 0.6) is 0 Å². The number of likely N-dealkylation sites (tertiary alicyclic amines) is 1. The minimum absolute atomic E-state index is 0.0472. The van der Waals surface area contributed by atoms with E-state index in [1.165, 1.54) is 5.56 Å². The third kappa shape index (κ3) is 2.98. The van der Waals surface area contributed by atoms with Gasteiger partial charge in [0.2, 0.25) is 10.0 Å². The molecule has 3 aliphatic rings. The molecule has 2 aliphatic heterocycles. The minimum atomic E-state index is -3.13. The standard InChI is InChI=1S/C17H25N3O3S/c1-23-17-6-8-20(24(21,22)14-4-5-14)16-12-19(11-15(16)17)10-13-3-2-7-18-9-13/h2-3,7,9,14-17H,4-6,8,10-12H2,1H3/t15-,16+,17+/m0/s1. The molecule has 1 aromatic heterocycles. The Bertz CT molecular complexity index is 678. The molecule has 2 saturated heterocycles. The topological polar surface area (TPSA) is 62.7 Å². The summed E-state index contributed by atoms with van der Waals surface area (Å²) in [6, 6.07) is 4.06. The van der Waals surface area contributed by atoms with Gasteiger partial charge in [0.1, 0.15) is 0 Å². The second-order valence-corrected chi connectivity index (χ2v) is 9.37. The molecule has 0 bridgehead atoms. The molecule has 3 atom stereocenters. The Kier molecular flexibility index (Phi) is 4.36. The van der Waals surface area contributed by atoms with E-state index in [0.29, 0.717) is 6.54 Å². The van der Waals surface area contributed by atoms with Crippen LogP contribution in [0, 0.1) is 5.92 Å². The van der Waals surface area contributed by atoms with E-state index in [-0.39, 0.29) is 23.3 Å². The summed E-state index contributed by atoms with van der Waals surface area (Å²) in [6.07, 6.45) is 6.25. The fourth-order valence-corrected chi connectivity index (χ4v) is 6.32. The van der Waals surface area contributed by atoms with Gasteiger partial charge in [-0.15, -0.1) is 0 Å². The first-order chi connectivity index (χ1) is 11.6. The van der Waals surface area contributed by atoms with Crippen LogP contribution in [0.2, 0.25) is 0 Å². The number of nitrogens with zero attached hydrogens (tertiary/aromatic N) is 3. The summed E-state index contributed by atoms with van der Waals surface area (Å²) in [4.78, 5) is 6.52. The smallest absolute Gasteiger partial charge is 0.217 e. The van der Waals surface area contributed by atoms with E-state index in [1.807, 2.05) is 12.3 Å². The predicted octanol–water partition coefficient (Wildman–Crippen LogP) is 1.09. The van der Waals surface area contributed by atoms with Crippen LogP contribution in [0.1, 0.15) is 24.8 Å². The molecular formula is C17H25N3O3S. The van der Waals surface area contributed by atoms with Crippen molar-refractivity contribution in [2.75, 3.05) is 26.7 Å². The van der Waals surface area contributed by atoms with Gasteiger partial charge in [-0.1, -0.05) is 6.07 Å². The van der Waals surface area contributed by atoms with E-state index in [9.17, 15) is 8.42 Å². The zero-order valence-electron chi connectivity index (χ0n) is 14.0. The number of rotatable bonds is 5. The molecule has 1 aromatic rings. The lowest BCUT2D eigenvalue weighted by Crippen LogP contribution is -2.54. The SMILES string of the molecule is CO[C@@H]1CCN(S(=O)(=O)C2CC2)[C@@H]2CN(Cc3cccnc3)C[C@@H]21. The fourth-order valence-electron chi connectivity index (χ4n) is 4.24. The quantitative estimate of drug-likeness (QED) is 0.795. The molecule has 0 aromatic carbocycles. The van der Waals surface area contributed by atoms with Gasteiger partial charge in [0.05, 0.1) is 11.4 Å². The van der Waals surface area contributed by atoms with Crippen molar-refractivity contribution in [3.63, 3.8) is 0 Å². The number of piperidine rings is 1. The van der Waals surface area contributed by atoms with Crippen molar-refractivity contribution in [3.8, 4) is 0 Å². The number of methoxy groups -OCH3 is 1. The lowest BCUT2D eigenvalue weighted by atomic mass is 9.91. The molecule has 132 valence electrons. The van der Waals surface area contributed by atoms with E-state index >= 15 is 0 Å². The molecule has 3 fully saturated rings. The molecule has 1 saturated carbocycles. The van der Waals surface area contributed by atoms with Gasteiger partial charge in [0.25, 0.3) is 0 Å². The van der Waals surface area contributed by atoms with Gasteiger partial charge in [0, 0.05) is 57.6 Å². The van der Waals surface area contributed by atoms with Crippen LogP contribution in [0.3, 0.4) is 0 Å². The Morgan fingerprint density at radius 1 is 1.29 bits per heavy atom. The zero-order valence-corrected chi connectivity index (χ0v) is 14.9. The monoisotopic (exact) mass is 351 g/mol. The van der Waals surface area contributed by atoms with Crippen molar-refractivity contribution >= 4 is 10.0 Å². The highest BCUT2D eigenvalue weighted by Gasteiger charge is 2.51. The molecule has 4 rings (SSSR count). The van der Waals surface area contributed by atoms with E-state index in [1.54, 1.807) is 17.6 Å². The number of sulfonamides is 1. The fraction of sp³-hybridized carbons (Fsp3) is 0.706. The number of pyridine rings is 1. The van der Waals surface area contributed by atoms with E-state index in [4.69, 9.17) is 4.74 Å². The van der Waals surface area contributed by atoms with Gasteiger partial charge < -0.3 is 4.74 Å². The van der Waals surface area contributed by atoms with E-state index in [2.05, 4.69) is 16.0 Å². The van der Waals surface area contributed by atoms with Crippen molar-refractivity contribution in [3.05, 3.63) is 30.1 Å². The average molecular weight is 351 g/mol. The Labute approximate surface area is 143 Å². The predicted molar refractivity (Wildman–Crippen MR) is 90.9 cm³/mol. The van der Waals surface area contributed by atoms with Crippen molar-refractivity contribution in [2.45, 2.75) is 43.2 Å². The molecule has 1 aliphatic carbocycles. The summed E-state index contributed by atoms with van der Waals surface area (Å²) in [6.45, 7) is 3.08. The number of hydrogen-bond acceptors (Lipinski definition) is 5. The number of ether oxygens (including phenoxy) is 1. The van der Waals surface area contributed by atoms with Crippen LogP contribution in [-0.4, -0.2) is 66.7 Å². The highest BCUT2D eigenvalue weighted by molar-refractivity contribution is 7.90. The first-order valence-corrected chi connectivity index (χ1v) is 10.2. The van der Waals surface area contributed by atoms with Crippen LogP contribution < -0.4 is 0 Å². The van der Waals surface area contributed by atoms with Gasteiger partial charge in [-0.25, -0.2) is 8.42 Å². The second-order valence-electron chi connectivity index (χ2n) is 7.20. The van der Waals surface area contributed by atoms with Crippen LogP contribution >= 0.6 is 0 Å². The van der Waals surface area contributed by atoms with Gasteiger partial charge in [-0.3, -0.25) is 9.88 Å². The normalized spacial score (nSPS) is 32.0. The molecule has 7 heteroatoms. The molecule has 0 radical (unpaired) electrons. The maximum Gasteiger partial charge on any atom is 0.217 e. The van der Waals surface area contributed by atoms with Crippen molar-refractivity contribution < 1.29 is 13.2 Å². The molecule has 0 amide bonds. The summed E-state index contributed by atoms with van der Waals surface area (Å²) in [5.41, 5.74) is 1.17. The van der Waals surface area contributed by atoms with Gasteiger partial charge in [-0.05, 0) is 30.9 Å². The second kappa shape index (κ2) is 6.37. The van der Waals surface area contributed by atoms with Gasteiger partial charge in [-0.2, -0.15) is 4.31 Å². The minimum Gasteiger partial charge on any atom is -0.381 e. The van der Waals surface area contributed by atoms with E-state index in [0.717, 1.165) is 38.9 Å². The maximum absolute atomic E-state index is 12.8. The van der Waals surface area contributed by atoms with Crippen molar-refractivity contribution in [1.82, 2.24) is 14.2 Å². The van der Waals surface area contributed by atoms with Gasteiger partial charge in [0.15, 0.2) is 0 Å². The summed E-state index contributed by atoms with van der Waals surface area (Å²) in [5, 5.41) is -0.135.